The van der Waals surface area contributed by atoms with Crippen molar-refractivity contribution in [1.29, 1.82) is 0 Å². The molecule has 1 N–H and O–H groups in total. The monoisotopic (exact) mass is 345 g/mol. The van der Waals surface area contributed by atoms with E-state index in [9.17, 15) is 19.5 Å². The molecule has 1 aromatic heterocycles. The molecular formula is C17H15NO5S. The van der Waals surface area contributed by atoms with Crippen molar-refractivity contribution in [3.8, 4) is 0 Å². The van der Waals surface area contributed by atoms with Crippen LogP contribution in [0.15, 0.2) is 35.0 Å². The second kappa shape index (κ2) is 6.45. The lowest BCUT2D eigenvalue weighted by molar-refractivity contribution is -0.141. The first-order valence-electron chi connectivity index (χ1n) is 7.28. The van der Waals surface area contributed by atoms with E-state index in [0.717, 1.165) is 11.1 Å². The van der Waals surface area contributed by atoms with Gasteiger partial charge in [0.05, 0.1) is 19.1 Å². The van der Waals surface area contributed by atoms with Gasteiger partial charge < -0.3 is 9.84 Å². The van der Waals surface area contributed by atoms with Crippen LogP contribution in [0.5, 0.6) is 0 Å². The zero-order chi connectivity index (χ0) is 17.3. The van der Waals surface area contributed by atoms with E-state index in [1.807, 2.05) is 17.5 Å². The van der Waals surface area contributed by atoms with E-state index in [2.05, 4.69) is 0 Å². The number of aliphatic carboxylic acids is 1. The van der Waals surface area contributed by atoms with Crippen LogP contribution in [0.1, 0.15) is 33.8 Å². The third-order valence-corrected chi connectivity index (χ3v) is 4.80. The summed E-state index contributed by atoms with van der Waals surface area (Å²) < 4.78 is 4.79. The zero-order valence-corrected chi connectivity index (χ0v) is 13.7. The van der Waals surface area contributed by atoms with Gasteiger partial charge in [0, 0.05) is 17.0 Å². The first kappa shape index (κ1) is 16.2. The van der Waals surface area contributed by atoms with Crippen LogP contribution in [0.4, 0.5) is 5.69 Å². The molecule has 24 heavy (non-hydrogen) atoms. The van der Waals surface area contributed by atoms with Crippen molar-refractivity contribution in [1.82, 2.24) is 0 Å². The molecule has 1 unspecified atom stereocenters. The van der Waals surface area contributed by atoms with E-state index in [1.54, 1.807) is 17.5 Å². The number of hydrogen-bond donors (Lipinski definition) is 1. The molecule has 1 aliphatic rings. The molecule has 2 heterocycles. The van der Waals surface area contributed by atoms with E-state index >= 15 is 0 Å². The number of amides is 1. The lowest BCUT2D eigenvalue weighted by atomic mass is 9.88. The average Bonchev–Trinajstić information content (AvgIpc) is 3.03. The lowest BCUT2D eigenvalue weighted by Gasteiger charge is -2.22. The van der Waals surface area contributed by atoms with Crippen molar-refractivity contribution in [2.45, 2.75) is 12.3 Å². The molecule has 2 aromatic rings. The van der Waals surface area contributed by atoms with E-state index in [4.69, 9.17) is 4.74 Å². The molecule has 3 rings (SSSR count). The number of fused-ring (bicyclic) bond motifs is 2. The van der Waals surface area contributed by atoms with Crippen LogP contribution >= 0.6 is 11.3 Å². The Kier molecular flexibility index (Phi) is 4.35. The molecule has 0 saturated heterocycles. The van der Waals surface area contributed by atoms with E-state index in [0.29, 0.717) is 11.3 Å². The number of carboxylic acid groups (broad SMARTS) is 1. The van der Waals surface area contributed by atoms with Crippen LogP contribution < -0.4 is 4.90 Å². The van der Waals surface area contributed by atoms with Gasteiger partial charge in [-0.15, -0.1) is 0 Å². The Bertz CT molecular complexity index is 813. The first-order chi connectivity index (χ1) is 11.5. The summed E-state index contributed by atoms with van der Waals surface area (Å²) in [6.07, 6.45) is 0.0887. The highest BCUT2D eigenvalue weighted by Gasteiger charge is 2.34. The SMILES string of the molecule is COC(=O)CC1c2cscc2C(=O)N(CC(=O)O)c2ccccc21. The average molecular weight is 345 g/mol. The van der Waals surface area contributed by atoms with Crippen LogP contribution in [-0.4, -0.2) is 36.6 Å². The normalized spacial score (nSPS) is 16.1. The maximum atomic E-state index is 12.9. The summed E-state index contributed by atoms with van der Waals surface area (Å²) in [7, 11) is 1.32. The summed E-state index contributed by atoms with van der Waals surface area (Å²) in [5.74, 6) is -2.20. The van der Waals surface area contributed by atoms with Gasteiger partial charge >= 0.3 is 11.9 Å². The van der Waals surface area contributed by atoms with Crippen molar-refractivity contribution in [2.24, 2.45) is 0 Å². The highest BCUT2D eigenvalue weighted by atomic mass is 32.1. The molecule has 1 aromatic carbocycles. The van der Waals surface area contributed by atoms with Crippen LogP contribution in [0, 0.1) is 0 Å². The number of ether oxygens (including phenoxy) is 1. The molecule has 124 valence electrons. The Labute approximate surface area is 142 Å². The number of rotatable bonds is 4. The smallest absolute Gasteiger partial charge is 0.323 e. The Hall–Kier alpha value is -2.67. The van der Waals surface area contributed by atoms with Crippen LogP contribution in [-0.2, 0) is 14.3 Å². The topological polar surface area (TPSA) is 83.9 Å². The Morgan fingerprint density at radius 2 is 2.00 bits per heavy atom. The molecule has 6 nitrogen and oxygen atoms in total. The second-order valence-corrected chi connectivity index (χ2v) is 6.16. The molecule has 0 aliphatic carbocycles. The second-order valence-electron chi connectivity index (χ2n) is 5.42. The zero-order valence-electron chi connectivity index (χ0n) is 12.9. The van der Waals surface area contributed by atoms with Crippen molar-refractivity contribution < 1.29 is 24.2 Å². The molecule has 0 spiro atoms. The maximum absolute atomic E-state index is 12.9. The minimum Gasteiger partial charge on any atom is -0.480 e. The molecule has 7 heteroatoms. The fourth-order valence-corrected chi connectivity index (χ4v) is 3.84. The highest BCUT2D eigenvalue weighted by Crippen LogP contribution is 2.41. The van der Waals surface area contributed by atoms with E-state index < -0.39 is 12.5 Å². The number of para-hydroxylation sites is 1. The maximum Gasteiger partial charge on any atom is 0.323 e. The summed E-state index contributed by atoms with van der Waals surface area (Å²) in [5.41, 5.74) is 2.43. The van der Waals surface area contributed by atoms with Gasteiger partial charge in [-0.1, -0.05) is 18.2 Å². The fourth-order valence-electron chi connectivity index (χ4n) is 2.96. The first-order valence-corrected chi connectivity index (χ1v) is 8.22. The van der Waals surface area contributed by atoms with Gasteiger partial charge in [-0.05, 0) is 22.6 Å². The van der Waals surface area contributed by atoms with Gasteiger partial charge in [0.25, 0.3) is 5.91 Å². The molecule has 1 atom stereocenters. The van der Waals surface area contributed by atoms with Gasteiger partial charge in [0.1, 0.15) is 6.54 Å². The van der Waals surface area contributed by atoms with Crippen molar-refractivity contribution in [3.05, 3.63) is 51.7 Å². The molecule has 1 aliphatic heterocycles. The number of carbonyl (C=O) groups is 3. The Morgan fingerprint density at radius 3 is 2.71 bits per heavy atom. The third-order valence-electron chi connectivity index (χ3n) is 4.04. The quantitative estimate of drug-likeness (QED) is 0.861. The number of carboxylic acids is 1. The molecule has 1 amide bonds. The predicted molar refractivity (Wildman–Crippen MR) is 88.5 cm³/mol. The van der Waals surface area contributed by atoms with E-state index in [1.165, 1.54) is 23.3 Å². The largest absolute Gasteiger partial charge is 0.480 e. The lowest BCUT2D eigenvalue weighted by Crippen LogP contribution is -2.35. The summed E-state index contributed by atoms with van der Waals surface area (Å²) in [5, 5.41) is 12.7. The third kappa shape index (κ3) is 2.78. The van der Waals surface area contributed by atoms with Gasteiger partial charge in [0.15, 0.2) is 0 Å². The Morgan fingerprint density at radius 1 is 1.25 bits per heavy atom. The van der Waals surface area contributed by atoms with Gasteiger partial charge in [0.2, 0.25) is 0 Å². The summed E-state index contributed by atoms with van der Waals surface area (Å²) in [6, 6.07) is 7.08. The molecule has 0 bridgehead atoms. The standard InChI is InChI=1S/C17H15NO5S/c1-23-16(21)6-11-10-4-2-3-5-14(10)18(7-15(19)20)17(22)13-9-24-8-12(11)13/h2-5,8-9,11H,6-7H2,1H3,(H,19,20). The number of benzene rings is 1. The summed E-state index contributed by atoms with van der Waals surface area (Å²) in [6.45, 7) is -0.434. The summed E-state index contributed by atoms with van der Waals surface area (Å²) >= 11 is 1.36. The van der Waals surface area contributed by atoms with Gasteiger partial charge in [-0.25, -0.2) is 0 Å². The highest BCUT2D eigenvalue weighted by molar-refractivity contribution is 7.08. The number of esters is 1. The van der Waals surface area contributed by atoms with E-state index in [-0.39, 0.29) is 24.2 Å². The number of carbonyl (C=O) groups excluding carboxylic acids is 2. The van der Waals surface area contributed by atoms with Crippen LogP contribution in [0.3, 0.4) is 0 Å². The molecule has 0 radical (unpaired) electrons. The Balaban J connectivity index is 2.19. The molecule has 0 fully saturated rings. The predicted octanol–water partition coefficient (Wildman–Crippen LogP) is 2.49. The minimum absolute atomic E-state index is 0.0887. The molecule has 0 saturated carbocycles. The van der Waals surface area contributed by atoms with Crippen LogP contribution in [0.25, 0.3) is 0 Å². The number of hydrogen-bond acceptors (Lipinski definition) is 5. The van der Waals surface area contributed by atoms with Crippen LogP contribution in [0.2, 0.25) is 0 Å². The van der Waals surface area contributed by atoms with Crippen molar-refractivity contribution in [2.75, 3.05) is 18.6 Å². The number of anilines is 1. The van der Waals surface area contributed by atoms with Gasteiger partial charge in [-0.2, -0.15) is 11.3 Å². The fraction of sp³-hybridized carbons (Fsp3) is 0.235. The minimum atomic E-state index is -1.10. The van der Waals surface area contributed by atoms with Crippen molar-refractivity contribution >= 4 is 34.9 Å². The van der Waals surface area contributed by atoms with Crippen molar-refractivity contribution in [3.63, 3.8) is 0 Å². The number of nitrogens with zero attached hydrogens (tertiary/aromatic N) is 1. The number of methoxy groups -OCH3 is 1. The summed E-state index contributed by atoms with van der Waals surface area (Å²) in [4.78, 5) is 37.2. The van der Waals surface area contributed by atoms with Gasteiger partial charge in [-0.3, -0.25) is 19.3 Å². The molecular weight excluding hydrogens is 330 g/mol. The number of thiophene rings is 1.